The molecule has 0 bridgehead atoms. The predicted molar refractivity (Wildman–Crippen MR) is 106 cm³/mol. The predicted octanol–water partition coefficient (Wildman–Crippen LogP) is 4.73. The van der Waals surface area contributed by atoms with Gasteiger partial charge in [-0.25, -0.2) is 4.79 Å². The van der Waals surface area contributed by atoms with E-state index in [4.69, 9.17) is 4.74 Å². The van der Waals surface area contributed by atoms with Crippen molar-refractivity contribution in [1.29, 1.82) is 0 Å². The van der Waals surface area contributed by atoms with Crippen molar-refractivity contribution in [3.63, 3.8) is 0 Å². The van der Waals surface area contributed by atoms with E-state index in [0.717, 1.165) is 11.1 Å². The first-order valence-electron chi connectivity index (χ1n) is 8.85. The number of hydrogen-bond acceptors (Lipinski definition) is 3. The molecule has 138 valence electrons. The molecule has 0 saturated carbocycles. The zero-order valence-electron chi connectivity index (χ0n) is 15.6. The molecular formula is C22H22N2O3. The van der Waals surface area contributed by atoms with Gasteiger partial charge < -0.3 is 15.0 Å². The lowest BCUT2D eigenvalue weighted by molar-refractivity contribution is 0.0519. The minimum Gasteiger partial charge on any atom is -0.461 e. The lowest BCUT2D eigenvalue weighted by Crippen LogP contribution is -2.14. The van der Waals surface area contributed by atoms with Gasteiger partial charge >= 0.3 is 5.97 Å². The van der Waals surface area contributed by atoms with E-state index in [-0.39, 0.29) is 12.5 Å². The van der Waals surface area contributed by atoms with Crippen molar-refractivity contribution in [2.45, 2.75) is 20.8 Å². The fourth-order valence-corrected chi connectivity index (χ4v) is 3.14. The Balaban J connectivity index is 1.93. The number of carbonyl (C=O) groups excluding carboxylic acids is 2. The molecule has 0 saturated heterocycles. The zero-order chi connectivity index (χ0) is 19.4. The Morgan fingerprint density at radius 1 is 1.00 bits per heavy atom. The molecule has 27 heavy (non-hydrogen) atoms. The number of hydrogen-bond donors (Lipinski definition) is 2. The lowest BCUT2D eigenvalue weighted by Gasteiger charge is -2.12. The normalized spacial score (nSPS) is 10.5. The van der Waals surface area contributed by atoms with Crippen LogP contribution in [-0.2, 0) is 4.74 Å². The molecule has 0 atom stereocenters. The third-order valence-electron chi connectivity index (χ3n) is 4.40. The Hall–Kier alpha value is -3.34. The number of rotatable bonds is 5. The van der Waals surface area contributed by atoms with Crippen molar-refractivity contribution in [3.8, 4) is 11.1 Å². The summed E-state index contributed by atoms with van der Waals surface area (Å²) in [4.78, 5) is 28.0. The topological polar surface area (TPSA) is 71.2 Å². The van der Waals surface area contributed by atoms with Crippen LogP contribution in [0.2, 0.25) is 0 Å². The first kappa shape index (κ1) is 18.5. The number of nitrogens with one attached hydrogen (secondary N) is 2. The van der Waals surface area contributed by atoms with E-state index < -0.39 is 5.97 Å². The molecule has 0 spiro atoms. The molecule has 2 aromatic carbocycles. The van der Waals surface area contributed by atoms with E-state index >= 15 is 0 Å². The van der Waals surface area contributed by atoms with Crippen molar-refractivity contribution in [2.24, 2.45) is 0 Å². The van der Waals surface area contributed by atoms with Gasteiger partial charge in [0, 0.05) is 16.9 Å². The van der Waals surface area contributed by atoms with Crippen LogP contribution in [0.4, 0.5) is 5.69 Å². The molecule has 5 nitrogen and oxygen atoms in total. The summed E-state index contributed by atoms with van der Waals surface area (Å²) >= 11 is 0. The summed E-state index contributed by atoms with van der Waals surface area (Å²) in [6.07, 6.45) is 0. The third-order valence-corrected chi connectivity index (χ3v) is 4.40. The lowest BCUT2D eigenvalue weighted by atomic mass is 10.0. The van der Waals surface area contributed by atoms with Crippen LogP contribution >= 0.6 is 0 Å². The van der Waals surface area contributed by atoms with Crippen molar-refractivity contribution in [1.82, 2.24) is 4.98 Å². The van der Waals surface area contributed by atoms with Crippen molar-refractivity contribution >= 4 is 17.6 Å². The van der Waals surface area contributed by atoms with E-state index in [2.05, 4.69) is 10.3 Å². The number of H-pyrrole nitrogens is 1. The monoisotopic (exact) mass is 362 g/mol. The summed E-state index contributed by atoms with van der Waals surface area (Å²) in [5, 5.41) is 2.98. The molecule has 0 unspecified atom stereocenters. The average Bonchev–Trinajstić information content (AvgIpc) is 2.97. The number of aromatic nitrogens is 1. The van der Waals surface area contributed by atoms with Gasteiger partial charge in [0.05, 0.1) is 12.2 Å². The van der Waals surface area contributed by atoms with E-state index in [1.165, 1.54) is 0 Å². The first-order chi connectivity index (χ1) is 13.0. The highest BCUT2D eigenvalue weighted by atomic mass is 16.5. The second-order valence-electron chi connectivity index (χ2n) is 6.21. The summed E-state index contributed by atoms with van der Waals surface area (Å²) < 4.78 is 5.05. The maximum Gasteiger partial charge on any atom is 0.355 e. The van der Waals surface area contributed by atoms with Crippen molar-refractivity contribution < 1.29 is 14.3 Å². The molecule has 0 aliphatic rings. The average molecular weight is 362 g/mol. The SMILES string of the molecule is CCOC(=O)c1[nH]c(C)c(C(=O)Nc2ccccc2-c2ccccc2)c1C. The number of anilines is 1. The minimum absolute atomic E-state index is 0.264. The van der Waals surface area contributed by atoms with E-state index in [1.54, 1.807) is 20.8 Å². The molecule has 1 amide bonds. The number of ether oxygens (including phenoxy) is 1. The van der Waals surface area contributed by atoms with Gasteiger partial charge in [0.15, 0.2) is 0 Å². The van der Waals surface area contributed by atoms with Gasteiger partial charge in [-0.3, -0.25) is 4.79 Å². The molecule has 1 aromatic heterocycles. The molecule has 5 heteroatoms. The summed E-state index contributed by atoms with van der Waals surface area (Å²) in [6.45, 7) is 5.54. The van der Waals surface area contributed by atoms with Crippen LogP contribution in [0.15, 0.2) is 54.6 Å². The number of carbonyl (C=O) groups is 2. The summed E-state index contributed by atoms with van der Waals surface area (Å²) in [7, 11) is 0. The Kier molecular flexibility index (Phi) is 5.41. The molecule has 3 aromatic rings. The quantitative estimate of drug-likeness (QED) is 0.645. The summed E-state index contributed by atoms with van der Waals surface area (Å²) in [5.41, 5.74) is 4.65. The van der Waals surface area contributed by atoms with Crippen LogP contribution in [0.25, 0.3) is 11.1 Å². The first-order valence-corrected chi connectivity index (χ1v) is 8.85. The van der Waals surface area contributed by atoms with Gasteiger partial charge in [-0.15, -0.1) is 0 Å². The summed E-state index contributed by atoms with van der Waals surface area (Å²) in [5.74, 6) is -0.720. The van der Waals surface area contributed by atoms with Gasteiger partial charge in [-0.05, 0) is 38.0 Å². The van der Waals surface area contributed by atoms with E-state index in [9.17, 15) is 9.59 Å². The molecule has 0 aliphatic carbocycles. The largest absolute Gasteiger partial charge is 0.461 e. The van der Waals surface area contributed by atoms with Crippen LogP contribution in [-0.4, -0.2) is 23.5 Å². The Morgan fingerprint density at radius 3 is 2.37 bits per heavy atom. The number of amides is 1. The van der Waals surface area contributed by atoms with Crippen LogP contribution < -0.4 is 5.32 Å². The maximum absolute atomic E-state index is 12.9. The van der Waals surface area contributed by atoms with Gasteiger partial charge in [-0.1, -0.05) is 48.5 Å². The third kappa shape index (κ3) is 3.77. The van der Waals surface area contributed by atoms with E-state index in [1.807, 2.05) is 54.6 Å². The van der Waals surface area contributed by atoms with Gasteiger partial charge in [0.25, 0.3) is 5.91 Å². The Bertz CT molecular complexity index is 974. The molecule has 1 heterocycles. The maximum atomic E-state index is 12.9. The van der Waals surface area contributed by atoms with Gasteiger partial charge in [0.2, 0.25) is 0 Å². The fourth-order valence-electron chi connectivity index (χ4n) is 3.14. The number of aryl methyl sites for hydroxylation is 1. The number of aromatic amines is 1. The minimum atomic E-state index is -0.457. The van der Waals surface area contributed by atoms with Crippen molar-refractivity contribution in [2.75, 3.05) is 11.9 Å². The molecule has 3 rings (SSSR count). The fraction of sp³-hybridized carbons (Fsp3) is 0.182. The smallest absolute Gasteiger partial charge is 0.355 e. The van der Waals surface area contributed by atoms with E-state index in [0.29, 0.717) is 28.2 Å². The highest BCUT2D eigenvalue weighted by Gasteiger charge is 2.23. The highest BCUT2D eigenvalue weighted by molar-refractivity contribution is 6.09. The summed E-state index contributed by atoms with van der Waals surface area (Å²) in [6, 6.07) is 17.5. The Morgan fingerprint density at radius 2 is 1.67 bits per heavy atom. The molecular weight excluding hydrogens is 340 g/mol. The highest BCUT2D eigenvalue weighted by Crippen LogP contribution is 2.29. The number of para-hydroxylation sites is 1. The molecule has 0 fully saturated rings. The standard InChI is InChI=1S/C22H22N2O3/c1-4-27-22(26)20-14(2)19(15(3)23-20)21(25)24-18-13-9-8-12-17(18)16-10-6-5-7-11-16/h5-13,23H,4H2,1-3H3,(H,24,25). The Labute approximate surface area is 158 Å². The zero-order valence-corrected chi connectivity index (χ0v) is 15.6. The van der Waals surface area contributed by atoms with Crippen LogP contribution in [0.3, 0.4) is 0 Å². The second kappa shape index (κ2) is 7.91. The van der Waals surface area contributed by atoms with Gasteiger partial charge in [0.1, 0.15) is 5.69 Å². The van der Waals surface area contributed by atoms with Crippen molar-refractivity contribution in [3.05, 3.63) is 77.1 Å². The van der Waals surface area contributed by atoms with Crippen LogP contribution in [0.5, 0.6) is 0 Å². The van der Waals surface area contributed by atoms with Crippen LogP contribution in [0, 0.1) is 13.8 Å². The molecule has 2 N–H and O–H groups in total. The number of benzene rings is 2. The number of esters is 1. The molecule has 0 aliphatic heterocycles. The second-order valence-corrected chi connectivity index (χ2v) is 6.21. The van der Waals surface area contributed by atoms with Gasteiger partial charge in [-0.2, -0.15) is 0 Å². The molecule has 0 radical (unpaired) electrons. The van der Waals surface area contributed by atoms with Crippen LogP contribution in [0.1, 0.15) is 39.0 Å².